The van der Waals surface area contributed by atoms with Crippen LogP contribution in [-0.4, -0.2) is 49.3 Å². The van der Waals surface area contributed by atoms with Crippen molar-refractivity contribution in [2.75, 3.05) is 13.1 Å². The standard InChI is InChI=1S/C22H27ClN6O/c1-21(2,3)26-20(30)28-8-6-22(13-28)5-4-7-29-18(22)10-17(27-29)14-9-15-16(23)12-25-19(15)24-11-14/h9-12H,4-8,13H2,1-3H3,(H,24,25)(H,26,30). The van der Waals surface area contributed by atoms with Gasteiger partial charge in [-0.1, -0.05) is 11.6 Å². The number of pyridine rings is 1. The number of rotatable bonds is 1. The highest BCUT2D eigenvalue weighted by Gasteiger charge is 2.45. The number of urea groups is 1. The molecule has 2 N–H and O–H groups in total. The van der Waals surface area contributed by atoms with Crippen LogP contribution in [0.1, 0.15) is 45.7 Å². The lowest BCUT2D eigenvalue weighted by molar-refractivity contribution is 0.193. The minimum absolute atomic E-state index is 0.0213. The van der Waals surface area contributed by atoms with Crippen molar-refractivity contribution in [3.05, 3.63) is 35.2 Å². The summed E-state index contributed by atoms with van der Waals surface area (Å²) < 4.78 is 2.13. The van der Waals surface area contributed by atoms with E-state index in [1.54, 1.807) is 6.20 Å². The zero-order valence-corrected chi connectivity index (χ0v) is 18.4. The maximum absolute atomic E-state index is 12.7. The van der Waals surface area contributed by atoms with Crippen LogP contribution in [0.5, 0.6) is 0 Å². The average molecular weight is 427 g/mol. The zero-order chi connectivity index (χ0) is 21.1. The second-order valence-electron chi connectivity index (χ2n) is 9.63. The second kappa shape index (κ2) is 6.74. The topological polar surface area (TPSA) is 78.8 Å². The quantitative estimate of drug-likeness (QED) is 0.608. The van der Waals surface area contributed by atoms with Crippen LogP contribution in [-0.2, 0) is 12.0 Å². The van der Waals surface area contributed by atoms with E-state index in [1.165, 1.54) is 5.69 Å². The Morgan fingerprint density at radius 1 is 1.27 bits per heavy atom. The Morgan fingerprint density at radius 3 is 2.90 bits per heavy atom. The molecule has 5 heterocycles. The second-order valence-corrected chi connectivity index (χ2v) is 10.0. The molecule has 3 aromatic rings. The molecule has 3 aromatic heterocycles. The Labute approximate surface area is 180 Å². The fraction of sp³-hybridized carbons (Fsp3) is 0.500. The highest BCUT2D eigenvalue weighted by atomic mass is 35.5. The largest absolute Gasteiger partial charge is 0.345 e. The van der Waals surface area contributed by atoms with Crippen molar-refractivity contribution in [1.82, 2.24) is 30.0 Å². The van der Waals surface area contributed by atoms with Crippen molar-refractivity contribution < 1.29 is 4.79 Å². The highest BCUT2D eigenvalue weighted by molar-refractivity contribution is 6.35. The van der Waals surface area contributed by atoms with Crippen molar-refractivity contribution >= 4 is 28.7 Å². The summed E-state index contributed by atoms with van der Waals surface area (Å²) in [5.74, 6) is 0. The van der Waals surface area contributed by atoms with Crippen molar-refractivity contribution in [3.8, 4) is 11.3 Å². The molecule has 2 amide bonds. The summed E-state index contributed by atoms with van der Waals surface area (Å²) in [6, 6.07) is 4.25. The number of amides is 2. The van der Waals surface area contributed by atoms with Crippen LogP contribution in [0.3, 0.4) is 0 Å². The smallest absolute Gasteiger partial charge is 0.317 e. The van der Waals surface area contributed by atoms with E-state index in [4.69, 9.17) is 16.7 Å². The first-order valence-corrected chi connectivity index (χ1v) is 10.9. The molecule has 1 saturated heterocycles. The molecule has 2 aliphatic heterocycles. The summed E-state index contributed by atoms with van der Waals surface area (Å²) in [7, 11) is 0. The molecule has 1 unspecified atom stereocenters. The summed E-state index contributed by atoms with van der Waals surface area (Å²) in [6.45, 7) is 8.46. The third kappa shape index (κ3) is 3.25. The molecular formula is C22H27ClN6O. The summed E-state index contributed by atoms with van der Waals surface area (Å²) in [4.78, 5) is 22.3. The zero-order valence-electron chi connectivity index (χ0n) is 17.6. The lowest BCUT2D eigenvalue weighted by Gasteiger charge is -2.34. The van der Waals surface area contributed by atoms with Gasteiger partial charge in [0.05, 0.1) is 10.7 Å². The van der Waals surface area contributed by atoms with Crippen LogP contribution in [0.2, 0.25) is 5.02 Å². The minimum Gasteiger partial charge on any atom is -0.345 e. The van der Waals surface area contributed by atoms with E-state index < -0.39 is 0 Å². The molecule has 0 saturated carbocycles. The van der Waals surface area contributed by atoms with E-state index in [2.05, 4.69) is 26.0 Å². The van der Waals surface area contributed by atoms with E-state index in [0.717, 1.165) is 61.2 Å². The van der Waals surface area contributed by atoms with Crippen LogP contribution in [0.4, 0.5) is 4.79 Å². The van der Waals surface area contributed by atoms with Crippen LogP contribution in [0.25, 0.3) is 22.3 Å². The molecule has 0 radical (unpaired) electrons. The summed E-state index contributed by atoms with van der Waals surface area (Å²) >= 11 is 6.28. The van der Waals surface area contributed by atoms with Gasteiger partial charge in [0.25, 0.3) is 0 Å². The first-order valence-electron chi connectivity index (χ1n) is 10.5. The number of likely N-dealkylation sites (tertiary alicyclic amines) is 1. The summed E-state index contributed by atoms with van der Waals surface area (Å²) in [5.41, 5.74) is 3.62. The van der Waals surface area contributed by atoms with Gasteiger partial charge in [-0.25, -0.2) is 9.78 Å². The number of fused-ring (bicyclic) bond motifs is 3. The number of carbonyl (C=O) groups is 1. The molecule has 0 bridgehead atoms. The Bertz CT molecular complexity index is 1130. The molecule has 1 spiro atoms. The number of nitrogens with zero attached hydrogens (tertiary/aromatic N) is 4. The molecule has 1 fully saturated rings. The predicted molar refractivity (Wildman–Crippen MR) is 118 cm³/mol. The molecule has 30 heavy (non-hydrogen) atoms. The third-order valence-electron chi connectivity index (χ3n) is 6.25. The lowest BCUT2D eigenvalue weighted by Crippen LogP contribution is -2.49. The molecule has 0 aliphatic carbocycles. The molecule has 158 valence electrons. The molecule has 0 aromatic carbocycles. The van der Waals surface area contributed by atoms with Gasteiger partial charge in [0, 0.05) is 59.6 Å². The monoisotopic (exact) mass is 426 g/mol. The molecule has 7 nitrogen and oxygen atoms in total. The van der Waals surface area contributed by atoms with E-state index in [0.29, 0.717) is 5.02 Å². The van der Waals surface area contributed by atoms with Crippen LogP contribution < -0.4 is 5.32 Å². The Hall–Kier alpha value is -2.54. The fourth-order valence-corrected chi connectivity index (χ4v) is 5.02. The Balaban J connectivity index is 1.46. The number of nitrogens with one attached hydrogen (secondary N) is 2. The van der Waals surface area contributed by atoms with Gasteiger partial charge < -0.3 is 15.2 Å². The van der Waals surface area contributed by atoms with Crippen molar-refractivity contribution in [1.29, 1.82) is 0 Å². The third-order valence-corrected chi connectivity index (χ3v) is 6.56. The average Bonchev–Trinajstić information content (AvgIpc) is 3.39. The van der Waals surface area contributed by atoms with Crippen LogP contribution >= 0.6 is 11.6 Å². The predicted octanol–water partition coefficient (Wildman–Crippen LogP) is 4.33. The number of aromatic nitrogens is 4. The molecule has 2 aliphatic rings. The first kappa shape index (κ1) is 19.4. The van der Waals surface area contributed by atoms with Gasteiger partial charge in [-0.05, 0) is 52.2 Å². The SMILES string of the molecule is CC(C)(C)NC(=O)N1CCC2(CCCn3nc(-c4cnc5[nH]cc(Cl)c5c4)cc32)C1. The number of hydrogen-bond donors (Lipinski definition) is 2. The van der Waals surface area contributed by atoms with Gasteiger partial charge in [0.15, 0.2) is 0 Å². The molecule has 1 atom stereocenters. The van der Waals surface area contributed by atoms with E-state index >= 15 is 0 Å². The van der Waals surface area contributed by atoms with Gasteiger partial charge in [-0.2, -0.15) is 5.10 Å². The number of aryl methyl sites for hydroxylation is 1. The number of carbonyl (C=O) groups excluding carboxylic acids is 1. The van der Waals surface area contributed by atoms with E-state index in [-0.39, 0.29) is 17.0 Å². The molecular weight excluding hydrogens is 400 g/mol. The number of aromatic amines is 1. The van der Waals surface area contributed by atoms with Gasteiger partial charge in [-0.15, -0.1) is 0 Å². The number of H-pyrrole nitrogens is 1. The van der Waals surface area contributed by atoms with E-state index in [9.17, 15) is 4.79 Å². The van der Waals surface area contributed by atoms with Crippen molar-refractivity contribution in [2.45, 2.75) is 57.5 Å². The van der Waals surface area contributed by atoms with E-state index in [1.807, 2.05) is 37.9 Å². The van der Waals surface area contributed by atoms with Gasteiger partial charge in [-0.3, -0.25) is 4.68 Å². The maximum Gasteiger partial charge on any atom is 0.317 e. The Kier molecular flexibility index (Phi) is 4.36. The lowest BCUT2D eigenvalue weighted by atomic mass is 9.77. The van der Waals surface area contributed by atoms with Crippen LogP contribution in [0, 0.1) is 0 Å². The highest BCUT2D eigenvalue weighted by Crippen LogP contribution is 2.43. The van der Waals surface area contributed by atoms with Crippen molar-refractivity contribution in [2.24, 2.45) is 0 Å². The number of halogens is 1. The summed E-state index contributed by atoms with van der Waals surface area (Å²) in [6.07, 6.45) is 6.72. The van der Waals surface area contributed by atoms with Crippen LogP contribution in [0.15, 0.2) is 24.5 Å². The molecule has 8 heteroatoms. The summed E-state index contributed by atoms with van der Waals surface area (Å²) in [5, 5.41) is 9.56. The molecule has 5 rings (SSSR count). The fourth-order valence-electron chi connectivity index (χ4n) is 4.82. The van der Waals surface area contributed by atoms with Gasteiger partial charge in [0.1, 0.15) is 5.65 Å². The Morgan fingerprint density at radius 2 is 2.10 bits per heavy atom. The first-order chi connectivity index (χ1) is 14.2. The number of hydrogen-bond acceptors (Lipinski definition) is 3. The minimum atomic E-state index is -0.237. The normalized spacial score (nSPS) is 21.4. The van der Waals surface area contributed by atoms with Gasteiger partial charge in [0.2, 0.25) is 0 Å². The maximum atomic E-state index is 12.7. The van der Waals surface area contributed by atoms with Crippen molar-refractivity contribution in [3.63, 3.8) is 0 Å². The van der Waals surface area contributed by atoms with Gasteiger partial charge >= 0.3 is 6.03 Å².